The van der Waals surface area contributed by atoms with Gasteiger partial charge in [-0.3, -0.25) is 23.9 Å². The molecule has 0 spiro atoms. The van der Waals surface area contributed by atoms with Crippen LogP contribution in [0.4, 0.5) is 0 Å². The number of nitrogens with zero attached hydrogens (tertiary/aromatic N) is 2. The first-order valence-electron chi connectivity index (χ1n) is 10.1. The Balaban J connectivity index is 1.37. The number of fused-ring (bicyclic) bond motifs is 2. The number of carbonyl (C=O) groups excluding carboxylic acids is 2. The van der Waals surface area contributed by atoms with E-state index in [9.17, 15) is 14.4 Å². The zero-order chi connectivity index (χ0) is 22.4. The van der Waals surface area contributed by atoms with E-state index < -0.39 is 0 Å². The Labute approximate surface area is 188 Å². The highest BCUT2D eigenvalue weighted by Gasteiger charge is 2.34. The van der Waals surface area contributed by atoms with Crippen molar-refractivity contribution in [2.75, 3.05) is 13.3 Å². The molecule has 2 aromatic carbocycles. The molecule has 2 aliphatic rings. The highest BCUT2D eigenvalue weighted by Crippen LogP contribution is 2.33. The van der Waals surface area contributed by atoms with E-state index in [1.807, 2.05) is 18.2 Å². The number of imide groups is 1. The first kappa shape index (κ1) is 20.2. The molecular formula is C23H19N3O5S. The van der Waals surface area contributed by atoms with E-state index in [-0.39, 0.29) is 42.0 Å². The molecule has 9 heteroatoms. The zero-order valence-electron chi connectivity index (χ0n) is 17.2. The van der Waals surface area contributed by atoms with Crippen molar-refractivity contribution in [3.8, 4) is 11.5 Å². The van der Waals surface area contributed by atoms with E-state index in [1.165, 1.54) is 4.57 Å². The lowest BCUT2D eigenvalue weighted by Gasteiger charge is -2.16. The van der Waals surface area contributed by atoms with Crippen LogP contribution in [-0.4, -0.2) is 39.6 Å². The van der Waals surface area contributed by atoms with Crippen molar-refractivity contribution in [3.05, 3.63) is 85.5 Å². The van der Waals surface area contributed by atoms with E-state index in [0.29, 0.717) is 40.3 Å². The molecule has 3 heterocycles. The van der Waals surface area contributed by atoms with Crippen molar-refractivity contribution in [3.63, 3.8) is 0 Å². The molecule has 0 saturated heterocycles. The second-order valence-corrected chi connectivity index (χ2v) is 8.05. The summed E-state index contributed by atoms with van der Waals surface area (Å²) in [4.78, 5) is 42.4. The Morgan fingerprint density at radius 1 is 0.969 bits per heavy atom. The third kappa shape index (κ3) is 3.31. The summed E-state index contributed by atoms with van der Waals surface area (Å²) in [6.45, 7) is 2.10. The van der Waals surface area contributed by atoms with Crippen LogP contribution in [0.25, 0.3) is 0 Å². The number of benzene rings is 2. The van der Waals surface area contributed by atoms with Crippen LogP contribution >= 0.6 is 12.2 Å². The van der Waals surface area contributed by atoms with Crippen LogP contribution in [0.5, 0.6) is 11.5 Å². The molecule has 0 atom stereocenters. The molecule has 0 bridgehead atoms. The molecule has 8 nitrogen and oxygen atoms in total. The van der Waals surface area contributed by atoms with Gasteiger partial charge in [-0.1, -0.05) is 18.2 Å². The monoisotopic (exact) mass is 449 g/mol. The van der Waals surface area contributed by atoms with Crippen molar-refractivity contribution in [1.29, 1.82) is 0 Å². The summed E-state index contributed by atoms with van der Waals surface area (Å²) in [6, 6.07) is 12.3. The molecule has 0 radical (unpaired) electrons. The molecule has 32 heavy (non-hydrogen) atoms. The number of ether oxygens (including phenoxy) is 2. The predicted octanol–water partition coefficient (Wildman–Crippen LogP) is 2.83. The number of hydrogen-bond donors (Lipinski definition) is 1. The smallest absolute Gasteiger partial charge is 0.261 e. The summed E-state index contributed by atoms with van der Waals surface area (Å²) >= 11 is 5.42. The lowest BCUT2D eigenvalue weighted by atomic mass is 10.1. The Morgan fingerprint density at radius 2 is 1.66 bits per heavy atom. The zero-order valence-corrected chi connectivity index (χ0v) is 18.0. The highest BCUT2D eigenvalue weighted by molar-refractivity contribution is 7.71. The second kappa shape index (κ2) is 7.76. The van der Waals surface area contributed by atoms with Crippen LogP contribution in [0.1, 0.15) is 37.5 Å². The minimum Gasteiger partial charge on any atom is -0.454 e. The normalized spacial score (nSPS) is 14.2. The highest BCUT2D eigenvalue weighted by atomic mass is 32.1. The first-order chi connectivity index (χ1) is 15.4. The molecule has 0 aliphatic carbocycles. The van der Waals surface area contributed by atoms with Crippen molar-refractivity contribution >= 4 is 24.0 Å². The summed E-state index contributed by atoms with van der Waals surface area (Å²) in [6.07, 6.45) is 0.473. The van der Waals surface area contributed by atoms with E-state index in [2.05, 4.69) is 4.98 Å². The molecule has 1 N–H and O–H groups in total. The van der Waals surface area contributed by atoms with Gasteiger partial charge in [0.1, 0.15) is 0 Å². The third-order valence-electron chi connectivity index (χ3n) is 5.76. The molecule has 0 saturated carbocycles. The predicted molar refractivity (Wildman–Crippen MR) is 118 cm³/mol. The molecular weight excluding hydrogens is 430 g/mol. The standard InChI is InChI=1S/C23H19N3O5S/c1-13-17(10-14-6-7-18-19(11-14)31-12-30-18)24-23(32)26(20(13)27)9-8-25-21(28)15-4-2-3-5-16(15)22(25)29/h2-7,11H,8-10,12H2,1H3,(H,24,32). The fourth-order valence-electron chi connectivity index (χ4n) is 3.99. The number of rotatable bonds is 5. The summed E-state index contributed by atoms with van der Waals surface area (Å²) in [7, 11) is 0. The van der Waals surface area contributed by atoms with Gasteiger partial charge in [0.15, 0.2) is 16.3 Å². The van der Waals surface area contributed by atoms with Gasteiger partial charge in [-0.2, -0.15) is 0 Å². The number of aromatic nitrogens is 2. The third-order valence-corrected chi connectivity index (χ3v) is 6.09. The molecule has 1 aromatic heterocycles. The van der Waals surface area contributed by atoms with Crippen LogP contribution in [0.15, 0.2) is 47.3 Å². The van der Waals surface area contributed by atoms with Crippen LogP contribution < -0.4 is 15.0 Å². The molecule has 3 aromatic rings. The summed E-state index contributed by atoms with van der Waals surface area (Å²) in [5.74, 6) is 0.657. The number of aromatic amines is 1. The summed E-state index contributed by atoms with van der Waals surface area (Å²) < 4.78 is 12.4. The average Bonchev–Trinajstić information content (AvgIpc) is 3.35. The Bertz CT molecular complexity index is 1360. The quantitative estimate of drug-likeness (QED) is 0.476. The molecule has 2 aliphatic heterocycles. The molecule has 2 amide bonds. The number of carbonyl (C=O) groups is 2. The van der Waals surface area contributed by atoms with Crippen molar-refractivity contribution in [1.82, 2.24) is 14.5 Å². The maximum absolute atomic E-state index is 13.0. The van der Waals surface area contributed by atoms with Crippen LogP contribution in [0.2, 0.25) is 0 Å². The van der Waals surface area contributed by atoms with Gasteiger partial charge in [-0.05, 0) is 49.0 Å². The van der Waals surface area contributed by atoms with Crippen LogP contribution in [0, 0.1) is 11.7 Å². The van der Waals surface area contributed by atoms with E-state index in [4.69, 9.17) is 21.7 Å². The van der Waals surface area contributed by atoms with E-state index >= 15 is 0 Å². The van der Waals surface area contributed by atoms with Gasteiger partial charge >= 0.3 is 0 Å². The Morgan fingerprint density at radius 3 is 2.38 bits per heavy atom. The molecule has 0 fully saturated rings. The van der Waals surface area contributed by atoms with Gasteiger partial charge in [0.2, 0.25) is 6.79 Å². The number of nitrogens with one attached hydrogen (secondary N) is 1. The fourth-order valence-corrected chi connectivity index (χ4v) is 4.29. The number of H-pyrrole nitrogens is 1. The van der Waals surface area contributed by atoms with E-state index in [0.717, 1.165) is 10.5 Å². The van der Waals surface area contributed by atoms with Gasteiger partial charge in [-0.15, -0.1) is 0 Å². The van der Waals surface area contributed by atoms with Crippen LogP contribution in [0.3, 0.4) is 0 Å². The molecule has 162 valence electrons. The van der Waals surface area contributed by atoms with Gasteiger partial charge in [-0.25, -0.2) is 0 Å². The Hall–Kier alpha value is -3.72. The largest absolute Gasteiger partial charge is 0.454 e. The molecule has 5 rings (SSSR count). The van der Waals surface area contributed by atoms with Crippen molar-refractivity contribution in [2.45, 2.75) is 19.9 Å². The minimum absolute atomic E-state index is 0.0602. The Kier molecular flexibility index (Phi) is 4.90. The lowest BCUT2D eigenvalue weighted by molar-refractivity contribution is 0.0648. The molecule has 0 unspecified atom stereocenters. The summed E-state index contributed by atoms with van der Waals surface area (Å²) in [5.41, 5.74) is 2.69. The van der Waals surface area contributed by atoms with Crippen LogP contribution in [-0.2, 0) is 13.0 Å². The number of hydrogen-bond acceptors (Lipinski definition) is 6. The van der Waals surface area contributed by atoms with E-state index in [1.54, 1.807) is 31.2 Å². The second-order valence-electron chi connectivity index (χ2n) is 7.66. The maximum Gasteiger partial charge on any atom is 0.261 e. The van der Waals surface area contributed by atoms with Crippen molar-refractivity contribution in [2.24, 2.45) is 0 Å². The maximum atomic E-state index is 13.0. The van der Waals surface area contributed by atoms with Gasteiger partial charge < -0.3 is 14.5 Å². The lowest BCUT2D eigenvalue weighted by Crippen LogP contribution is -2.36. The minimum atomic E-state index is -0.357. The average molecular weight is 449 g/mol. The van der Waals surface area contributed by atoms with Gasteiger partial charge in [0.05, 0.1) is 11.1 Å². The SMILES string of the molecule is Cc1c(Cc2ccc3c(c2)OCO3)[nH]c(=S)n(CCN2C(=O)c3ccccc3C2=O)c1=O. The van der Waals surface area contributed by atoms with Crippen molar-refractivity contribution < 1.29 is 19.1 Å². The first-order valence-corrected chi connectivity index (χ1v) is 10.5. The number of amides is 2. The fraction of sp³-hybridized carbons (Fsp3) is 0.217. The summed E-state index contributed by atoms with van der Waals surface area (Å²) in [5, 5.41) is 0. The van der Waals surface area contributed by atoms with Gasteiger partial charge in [0, 0.05) is 30.8 Å². The topological polar surface area (TPSA) is 93.6 Å². The van der Waals surface area contributed by atoms with Gasteiger partial charge in [0.25, 0.3) is 17.4 Å².